The fourth-order valence-corrected chi connectivity index (χ4v) is 2.11. The van der Waals surface area contributed by atoms with E-state index in [-0.39, 0.29) is 0 Å². The Hall–Kier alpha value is -0.0400. The lowest BCUT2D eigenvalue weighted by Crippen LogP contribution is -2.19. The molecule has 1 fully saturated rings. The highest BCUT2D eigenvalue weighted by atomic mass is 16.5. The largest absolute Gasteiger partial charge is 0.378 e. The zero-order valence-electron chi connectivity index (χ0n) is 16.6. The molecule has 1 aliphatic carbocycles. The fourth-order valence-electron chi connectivity index (χ4n) is 2.11. The normalized spacial score (nSPS) is 15.4. The van der Waals surface area contributed by atoms with Gasteiger partial charge in [-0.05, 0) is 25.2 Å². The Morgan fingerprint density at radius 2 is 1.29 bits per heavy atom. The summed E-state index contributed by atoms with van der Waals surface area (Å²) in [5, 5.41) is 0. The van der Waals surface area contributed by atoms with Gasteiger partial charge in [0.25, 0.3) is 0 Å². The third kappa shape index (κ3) is 22.4. The monoisotopic (exact) mass is 302 g/mol. The first-order valence-electron chi connectivity index (χ1n) is 9.86. The molecule has 1 aliphatic rings. The molecule has 1 unspecified atom stereocenters. The van der Waals surface area contributed by atoms with E-state index in [1.54, 1.807) is 0 Å². The van der Waals surface area contributed by atoms with Gasteiger partial charge in [-0.25, -0.2) is 0 Å². The van der Waals surface area contributed by atoms with Crippen molar-refractivity contribution in [2.24, 2.45) is 5.92 Å². The van der Waals surface area contributed by atoms with Crippen molar-refractivity contribution in [1.29, 1.82) is 0 Å². The summed E-state index contributed by atoms with van der Waals surface area (Å²) in [5.41, 5.74) is 0. The number of hydrogen-bond acceptors (Lipinski definition) is 1. The summed E-state index contributed by atoms with van der Waals surface area (Å²) < 4.78 is 5.90. The Morgan fingerprint density at radius 3 is 1.67 bits per heavy atom. The number of unbranched alkanes of at least 4 members (excludes halogenated alkanes) is 1. The van der Waals surface area contributed by atoms with Crippen LogP contribution in [-0.4, -0.2) is 12.7 Å². The molecule has 0 N–H and O–H groups in total. The first kappa shape index (κ1) is 25.9. The van der Waals surface area contributed by atoms with Gasteiger partial charge in [0.2, 0.25) is 0 Å². The maximum atomic E-state index is 5.90. The van der Waals surface area contributed by atoms with Crippen LogP contribution in [0.2, 0.25) is 0 Å². The molecule has 0 aromatic carbocycles. The summed E-state index contributed by atoms with van der Waals surface area (Å²) in [6, 6.07) is 0. The second kappa shape index (κ2) is 24.9. The van der Waals surface area contributed by atoms with E-state index >= 15 is 0 Å². The minimum absolute atomic E-state index is 0.591. The van der Waals surface area contributed by atoms with Crippen molar-refractivity contribution in [2.75, 3.05) is 6.61 Å². The summed E-state index contributed by atoms with van der Waals surface area (Å²) in [5.74, 6) is 0.756. The molecule has 1 nitrogen and oxygen atoms in total. The van der Waals surface area contributed by atoms with Gasteiger partial charge in [-0.1, -0.05) is 93.9 Å². The van der Waals surface area contributed by atoms with Crippen LogP contribution in [0.5, 0.6) is 0 Å². The van der Waals surface area contributed by atoms with Crippen LogP contribution in [0, 0.1) is 5.92 Å². The smallest absolute Gasteiger partial charge is 0.0575 e. The molecule has 0 aliphatic heterocycles. The Balaban J connectivity index is -0.000000343. The van der Waals surface area contributed by atoms with Crippen LogP contribution in [0.15, 0.2) is 0 Å². The molecule has 1 saturated carbocycles. The molecule has 0 spiro atoms. The fraction of sp³-hybridized carbons (Fsp3) is 1.00. The van der Waals surface area contributed by atoms with E-state index < -0.39 is 0 Å². The van der Waals surface area contributed by atoms with Crippen LogP contribution in [0.4, 0.5) is 0 Å². The standard InChI is InChI=1S/C12H24O.C4H10.2C2H6/c1-3-7-11(2)10-13-12-8-5-4-6-9-12;1-3-4-2;2*1-2/h11-12H,3-10H2,1-2H3;3-4H2,1-2H3;2*1-2H3. The summed E-state index contributed by atoms with van der Waals surface area (Å²) in [6.07, 6.45) is 12.6. The summed E-state index contributed by atoms with van der Waals surface area (Å²) in [6.45, 7) is 17.9. The van der Waals surface area contributed by atoms with Gasteiger partial charge in [0.15, 0.2) is 0 Å². The lowest BCUT2D eigenvalue weighted by Gasteiger charge is -2.23. The van der Waals surface area contributed by atoms with Gasteiger partial charge < -0.3 is 4.74 Å². The maximum Gasteiger partial charge on any atom is 0.0575 e. The molecule has 0 radical (unpaired) electrons. The van der Waals surface area contributed by atoms with Gasteiger partial charge in [-0.3, -0.25) is 0 Å². The van der Waals surface area contributed by atoms with Gasteiger partial charge in [0.05, 0.1) is 6.10 Å². The van der Waals surface area contributed by atoms with Crippen LogP contribution in [0.25, 0.3) is 0 Å². The lowest BCUT2D eigenvalue weighted by atomic mass is 9.97. The molecular weight excluding hydrogens is 256 g/mol. The summed E-state index contributed by atoms with van der Waals surface area (Å²) in [7, 11) is 0. The summed E-state index contributed by atoms with van der Waals surface area (Å²) >= 11 is 0. The first-order valence-corrected chi connectivity index (χ1v) is 9.86. The topological polar surface area (TPSA) is 9.23 Å². The van der Waals surface area contributed by atoms with Crippen LogP contribution in [0.1, 0.15) is 113 Å². The molecule has 1 heteroatoms. The molecular formula is C20H46O. The van der Waals surface area contributed by atoms with E-state index in [1.165, 1.54) is 57.8 Å². The predicted octanol–water partition coefficient (Wildman–Crippen LogP) is 7.63. The van der Waals surface area contributed by atoms with E-state index in [0.29, 0.717) is 6.10 Å². The van der Waals surface area contributed by atoms with Crippen molar-refractivity contribution in [3.05, 3.63) is 0 Å². The summed E-state index contributed by atoms with van der Waals surface area (Å²) in [4.78, 5) is 0. The van der Waals surface area contributed by atoms with Crippen molar-refractivity contribution in [1.82, 2.24) is 0 Å². The highest BCUT2D eigenvalue weighted by Gasteiger charge is 2.14. The maximum absolute atomic E-state index is 5.90. The Kier molecular flexibility index (Phi) is 30.8. The molecule has 21 heavy (non-hydrogen) atoms. The van der Waals surface area contributed by atoms with Gasteiger partial charge in [0, 0.05) is 6.61 Å². The van der Waals surface area contributed by atoms with Crippen LogP contribution < -0.4 is 0 Å². The van der Waals surface area contributed by atoms with Crippen molar-refractivity contribution in [3.8, 4) is 0 Å². The third-order valence-electron chi connectivity index (χ3n) is 3.45. The highest BCUT2D eigenvalue weighted by Crippen LogP contribution is 2.21. The molecule has 1 rings (SSSR count). The van der Waals surface area contributed by atoms with Crippen LogP contribution >= 0.6 is 0 Å². The second-order valence-corrected chi connectivity index (χ2v) is 5.49. The predicted molar refractivity (Wildman–Crippen MR) is 100 cm³/mol. The second-order valence-electron chi connectivity index (χ2n) is 5.49. The third-order valence-corrected chi connectivity index (χ3v) is 3.45. The van der Waals surface area contributed by atoms with Crippen molar-refractivity contribution in [2.45, 2.75) is 119 Å². The molecule has 0 heterocycles. The number of rotatable bonds is 6. The number of ether oxygens (including phenoxy) is 1. The Bertz CT molecular complexity index is 137. The van der Waals surface area contributed by atoms with Crippen LogP contribution in [-0.2, 0) is 4.74 Å². The van der Waals surface area contributed by atoms with E-state index in [4.69, 9.17) is 4.74 Å². The average molecular weight is 303 g/mol. The van der Waals surface area contributed by atoms with Gasteiger partial charge in [-0.15, -0.1) is 0 Å². The van der Waals surface area contributed by atoms with E-state index in [1.807, 2.05) is 27.7 Å². The lowest BCUT2D eigenvalue weighted by molar-refractivity contribution is 0.00940. The van der Waals surface area contributed by atoms with E-state index in [9.17, 15) is 0 Å². The zero-order chi connectivity index (χ0) is 16.9. The zero-order valence-corrected chi connectivity index (χ0v) is 16.6. The number of hydrogen-bond donors (Lipinski definition) is 0. The minimum atomic E-state index is 0.591. The van der Waals surface area contributed by atoms with Gasteiger partial charge in [-0.2, -0.15) is 0 Å². The van der Waals surface area contributed by atoms with Gasteiger partial charge >= 0.3 is 0 Å². The SMILES string of the molecule is CC.CC.CCCC.CCCC(C)COC1CCCCC1. The molecule has 0 aromatic heterocycles. The highest BCUT2D eigenvalue weighted by molar-refractivity contribution is 4.65. The molecule has 0 bridgehead atoms. The first-order chi connectivity index (χ1) is 10.2. The molecule has 1 atom stereocenters. The molecule has 0 aromatic rings. The molecule has 132 valence electrons. The Morgan fingerprint density at radius 1 is 0.810 bits per heavy atom. The van der Waals surface area contributed by atoms with Gasteiger partial charge in [0.1, 0.15) is 0 Å². The quantitative estimate of drug-likeness (QED) is 0.490. The Labute approximate surface area is 137 Å². The van der Waals surface area contributed by atoms with E-state index in [0.717, 1.165) is 12.5 Å². The minimum Gasteiger partial charge on any atom is -0.378 e. The van der Waals surface area contributed by atoms with Crippen molar-refractivity contribution in [3.63, 3.8) is 0 Å². The van der Waals surface area contributed by atoms with Crippen molar-refractivity contribution < 1.29 is 4.74 Å². The van der Waals surface area contributed by atoms with E-state index in [2.05, 4.69) is 27.7 Å². The molecule has 0 amide bonds. The average Bonchev–Trinajstić information content (AvgIpc) is 2.58. The molecule has 0 saturated heterocycles. The van der Waals surface area contributed by atoms with Crippen molar-refractivity contribution >= 4 is 0 Å². The van der Waals surface area contributed by atoms with Crippen LogP contribution in [0.3, 0.4) is 0 Å².